The highest BCUT2D eigenvalue weighted by Gasteiger charge is 2.38. The summed E-state index contributed by atoms with van der Waals surface area (Å²) in [5, 5.41) is 20.7. The topological polar surface area (TPSA) is 0 Å². The fourth-order valence-electron chi connectivity index (χ4n) is 13.0. The van der Waals surface area contributed by atoms with E-state index >= 15 is 0 Å². The van der Waals surface area contributed by atoms with Crippen LogP contribution in [0.3, 0.4) is 0 Å². The molecule has 1 aliphatic carbocycles. The molecular formula is C71H46. The zero-order chi connectivity index (χ0) is 47.0. The highest BCUT2D eigenvalue weighted by molar-refractivity contribution is 6.29. The van der Waals surface area contributed by atoms with Crippen molar-refractivity contribution in [1.29, 1.82) is 0 Å². The number of hydrogen-bond donors (Lipinski definition) is 0. The van der Waals surface area contributed by atoms with E-state index in [1.54, 1.807) is 0 Å². The predicted molar refractivity (Wildman–Crippen MR) is 306 cm³/mol. The average molecular weight is 899 g/mol. The maximum Gasteiger partial charge on any atom is 0.0165 e. The Balaban J connectivity index is 0.947. The summed E-state index contributed by atoms with van der Waals surface area (Å²) in [4.78, 5) is 0. The average Bonchev–Trinajstić information content (AvgIpc) is 3.67. The summed E-state index contributed by atoms with van der Waals surface area (Å²) in [6.45, 7) is 4.89. The van der Waals surface area contributed by atoms with Crippen LogP contribution in [0, 0.1) is 0 Å². The zero-order valence-corrected chi connectivity index (χ0v) is 39.6. The molecule has 14 aromatic carbocycles. The van der Waals surface area contributed by atoms with Gasteiger partial charge in [-0.05, 0) is 183 Å². The van der Waals surface area contributed by atoms with E-state index in [1.807, 2.05) is 0 Å². The van der Waals surface area contributed by atoms with Crippen molar-refractivity contribution in [2.45, 2.75) is 19.3 Å². The molecular weight excluding hydrogens is 853 g/mol. The van der Waals surface area contributed by atoms with E-state index in [4.69, 9.17) is 0 Å². The van der Waals surface area contributed by atoms with Gasteiger partial charge in [0.25, 0.3) is 0 Å². The molecule has 0 bridgehead atoms. The molecule has 14 aromatic rings. The minimum Gasteiger partial charge on any atom is -0.0622 e. The van der Waals surface area contributed by atoms with Gasteiger partial charge in [-0.1, -0.05) is 226 Å². The molecule has 0 fully saturated rings. The Morgan fingerprint density at radius 3 is 1.14 bits per heavy atom. The van der Waals surface area contributed by atoms with Crippen molar-refractivity contribution in [1.82, 2.24) is 0 Å². The Bertz CT molecular complexity index is 4460. The molecule has 15 rings (SSSR count). The van der Waals surface area contributed by atoms with Crippen LogP contribution >= 0.6 is 0 Å². The van der Waals surface area contributed by atoms with E-state index in [0.29, 0.717) is 0 Å². The van der Waals surface area contributed by atoms with Crippen molar-refractivity contribution in [3.63, 3.8) is 0 Å². The molecule has 0 radical (unpaired) electrons. The van der Waals surface area contributed by atoms with Gasteiger partial charge >= 0.3 is 0 Å². The van der Waals surface area contributed by atoms with Crippen molar-refractivity contribution < 1.29 is 0 Å². The standard InChI is InChI=1S/C71H46/c1-71(2)66-42-45(33-35-57(66)64-37-36-63-54-25-10-8-23-52(54)53-24-12-13-27-58(53)69(63)70(64)71)67-59-28-14-16-30-61(59)68(62-31-17-15-29-60(62)67)48-39-46(43-18-4-3-5-19-43)38-47(40-48)44-32-34-56-51-22-7-6-20-49(51)50-21-9-11-26-55(50)65(56)41-44/h3-42H,1-2H3. The maximum atomic E-state index is 2.53. The van der Waals surface area contributed by atoms with Crippen molar-refractivity contribution in [3.05, 3.63) is 254 Å². The number of rotatable bonds is 4. The van der Waals surface area contributed by atoms with Crippen LogP contribution in [0.2, 0.25) is 0 Å². The molecule has 0 spiro atoms. The Morgan fingerprint density at radius 2 is 0.592 bits per heavy atom. The van der Waals surface area contributed by atoms with Gasteiger partial charge in [-0.25, -0.2) is 0 Å². The Labute approximate surface area is 412 Å². The molecule has 330 valence electrons. The van der Waals surface area contributed by atoms with Gasteiger partial charge in [0.15, 0.2) is 0 Å². The number of hydrogen-bond acceptors (Lipinski definition) is 0. The van der Waals surface area contributed by atoms with Gasteiger partial charge in [0.2, 0.25) is 0 Å². The minimum atomic E-state index is -0.243. The van der Waals surface area contributed by atoms with Crippen LogP contribution in [0.15, 0.2) is 243 Å². The van der Waals surface area contributed by atoms with Crippen LogP contribution < -0.4 is 0 Å². The summed E-state index contributed by atoms with van der Waals surface area (Å²) in [5.41, 5.74) is 15.0. The van der Waals surface area contributed by atoms with Crippen molar-refractivity contribution in [2.24, 2.45) is 0 Å². The van der Waals surface area contributed by atoms with E-state index in [-0.39, 0.29) is 5.41 Å². The molecule has 1 aliphatic rings. The van der Waals surface area contributed by atoms with E-state index in [2.05, 4.69) is 257 Å². The van der Waals surface area contributed by atoms with Gasteiger partial charge in [-0.15, -0.1) is 0 Å². The minimum absolute atomic E-state index is 0.243. The smallest absolute Gasteiger partial charge is 0.0165 e. The number of fused-ring (bicyclic) bond motifs is 18. The Morgan fingerprint density at radius 1 is 0.225 bits per heavy atom. The van der Waals surface area contributed by atoms with E-state index in [0.717, 1.165) is 0 Å². The molecule has 0 heterocycles. The lowest BCUT2D eigenvalue weighted by Gasteiger charge is -2.25. The molecule has 71 heavy (non-hydrogen) atoms. The first kappa shape index (κ1) is 40.1. The highest BCUT2D eigenvalue weighted by atomic mass is 14.4. The van der Waals surface area contributed by atoms with E-state index in [1.165, 1.54) is 153 Å². The third-order valence-electron chi connectivity index (χ3n) is 16.1. The molecule has 0 atom stereocenters. The molecule has 0 unspecified atom stereocenters. The highest BCUT2D eigenvalue weighted by Crippen LogP contribution is 2.55. The van der Waals surface area contributed by atoms with Gasteiger partial charge < -0.3 is 0 Å². The third-order valence-corrected chi connectivity index (χ3v) is 16.1. The predicted octanol–water partition coefficient (Wildman–Crippen LogP) is 19.9. The summed E-state index contributed by atoms with van der Waals surface area (Å²) in [6.07, 6.45) is 0. The van der Waals surface area contributed by atoms with Crippen LogP contribution in [-0.4, -0.2) is 0 Å². The summed E-state index contributed by atoms with van der Waals surface area (Å²) in [5.74, 6) is 0. The lowest BCUT2D eigenvalue weighted by atomic mass is 9.77. The first-order valence-corrected chi connectivity index (χ1v) is 25.0. The fraction of sp³-hybridized carbons (Fsp3) is 0.0423. The molecule has 0 saturated carbocycles. The first-order valence-electron chi connectivity index (χ1n) is 25.0. The van der Waals surface area contributed by atoms with Gasteiger partial charge in [-0.3, -0.25) is 0 Å². The maximum absolute atomic E-state index is 2.53. The zero-order valence-electron chi connectivity index (χ0n) is 39.6. The molecule has 0 nitrogen and oxygen atoms in total. The monoisotopic (exact) mass is 898 g/mol. The van der Waals surface area contributed by atoms with Crippen LogP contribution in [0.25, 0.3) is 142 Å². The molecule has 0 saturated heterocycles. The van der Waals surface area contributed by atoms with Crippen molar-refractivity contribution in [2.75, 3.05) is 0 Å². The van der Waals surface area contributed by atoms with Crippen LogP contribution in [0.4, 0.5) is 0 Å². The quantitative estimate of drug-likeness (QED) is 0.122. The molecule has 0 aliphatic heterocycles. The number of benzene rings is 14. The lowest BCUT2D eigenvalue weighted by Crippen LogP contribution is -2.16. The van der Waals surface area contributed by atoms with Gasteiger partial charge in [0.05, 0.1) is 0 Å². The van der Waals surface area contributed by atoms with E-state index < -0.39 is 0 Å². The summed E-state index contributed by atoms with van der Waals surface area (Å²) >= 11 is 0. The summed E-state index contributed by atoms with van der Waals surface area (Å²) < 4.78 is 0. The molecule has 0 N–H and O–H groups in total. The van der Waals surface area contributed by atoms with Crippen LogP contribution in [0.5, 0.6) is 0 Å². The lowest BCUT2D eigenvalue weighted by molar-refractivity contribution is 0.667. The fourth-order valence-corrected chi connectivity index (χ4v) is 13.0. The Hall–Kier alpha value is -8.84. The Kier molecular flexibility index (Phi) is 8.51. The second kappa shape index (κ2) is 15.1. The van der Waals surface area contributed by atoms with Crippen LogP contribution in [-0.2, 0) is 5.41 Å². The second-order valence-electron chi connectivity index (χ2n) is 20.2. The largest absolute Gasteiger partial charge is 0.0622 e. The normalized spacial score (nSPS) is 13.0. The van der Waals surface area contributed by atoms with Crippen molar-refractivity contribution >= 4 is 86.2 Å². The van der Waals surface area contributed by atoms with Gasteiger partial charge in [-0.2, -0.15) is 0 Å². The summed E-state index contributed by atoms with van der Waals surface area (Å²) in [6, 6.07) is 91.3. The van der Waals surface area contributed by atoms with Crippen molar-refractivity contribution in [3.8, 4) is 55.6 Å². The van der Waals surface area contributed by atoms with E-state index in [9.17, 15) is 0 Å². The third kappa shape index (κ3) is 5.80. The first-order chi connectivity index (χ1) is 35.0. The van der Waals surface area contributed by atoms with Gasteiger partial charge in [0, 0.05) is 5.41 Å². The SMILES string of the molecule is CC1(C)c2cc(-c3c4ccccc4c(-c4cc(-c5ccccc5)cc(-c5ccc6c7ccccc7c7ccccc7c6c5)c4)c4ccccc34)ccc2-c2ccc3c4ccccc4c4ccccc4c3c21. The van der Waals surface area contributed by atoms with Crippen LogP contribution in [0.1, 0.15) is 25.0 Å². The second-order valence-corrected chi connectivity index (χ2v) is 20.2. The summed E-state index contributed by atoms with van der Waals surface area (Å²) in [7, 11) is 0. The molecule has 0 aromatic heterocycles. The molecule has 0 amide bonds. The molecule has 0 heteroatoms. The van der Waals surface area contributed by atoms with Gasteiger partial charge in [0.1, 0.15) is 0 Å².